The minimum absolute atomic E-state index is 0.0722. The summed E-state index contributed by atoms with van der Waals surface area (Å²) in [5, 5.41) is 10.3. The van der Waals surface area contributed by atoms with Gasteiger partial charge in [-0.1, -0.05) is 11.6 Å². The summed E-state index contributed by atoms with van der Waals surface area (Å²) >= 11 is 5.85. The van der Waals surface area contributed by atoms with Gasteiger partial charge in [-0.25, -0.2) is 22.5 Å². The smallest absolute Gasteiger partial charge is 0.497 e. The summed E-state index contributed by atoms with van der Waals surface area (Å²) < 4.78 is 89.8. The molecule has 0 spiro atoms. The van der Waals surface area contributed by atoms with E-state index in [0.29, 0.717) is 16.1 Å². The van der Waals surface area contributed by atoms with Gasteiger partial charge in [0, 0.05) is 6.20 Å². The summed E-state index contributed by atoms with van der Waals surface area (Å²) in [6.07, 6.45) is -10.1. The average molecular weight is 622 g/mol. The van der Waals surface area contributed by atoms with E-state index in [1.54, 1.807) is 0 Å². The maximum Gasteiger partial charge on any atom is 0.587 e. The van der Waals surface area contributed by atoms with Crippen molar-refractivity contribution in [3.8, 4) is 23.0 Å². The fourth-order valence-corrected chi connectivity index (χ4v) is 5.19. The third-order valence-electron chi connectivity index (χ3n) is 5.99. The van der Waals surface area contributed by atoms with Gasteiger partial charge in [-0.3, -0.25) is 9.09 Å². The van der Waals surface area contributed by atoms with Gasteiger partial charge in [0.05, 0.1) is 25.8 Å². The lowest BCUT2D eigenvalue weighted by Crippen LogP contribution is -2.52. The number of nitrogens with zero attached hydrogens (tertiary/aromatic N) is 2. The monoisotopic (exact) mass is 621 g/mol. The summed E-state index contributed by atoms with van der Waals surface area (Å²) in [4.78, 5) is 15.7. The fourth-order valence-electron chi connectivity index (χ4n) is 3.78. The van der Waals surface area contributed by atoms with Crippen molar-refractivity contribution < 1.29 is 50.6 Å². The van der Waals surface area contributed by atoms with Gasteiger partial charge < -0.3 is 34.1 Å². The summed E-state index contributed by atoms with van der Waals surface area (Å²) in [5.74, 6) is 0.318. The Labute approximate surface area is 235 Å². The van der Waals surface area contributed by atoms with Crippen LogP contribution in [0.4, 0.5) is 19.0 Å². The molecule has 4 rings (SSSR count). The average Bonchev–Trinajstić information content (AvgIpc) is 3.21. The zero-order chi connectivity index (χ0) is 29.9. The lowest BCUT2D eigenvalue weighted by atomic mass is 9.97. The molecular weight excluding hydrogens is 598 g/mol. The molecule has 4 atom stereocenters. The molecule has 2 heterocycles. The molecule has 0 bridgehead atoms. The molecule has 0 radical (unpaired) electrons. The number of benzene rings is 2. The number of aromatic nitrogens is 2. The lowest BCUT2D eigenvalue weighted by Gasteiger charge is -2.31. The molecule has 1 fully saturated rings. The number of aliphatic hydroxyl groups is 1. The predicted octanol–water partition coefficient (Wildman–Crippen LogP) is 4.01. The highest BCUT2D eigenvalue weighted by Gasteiger charge is 2.62. The molecule has 2 aromatic carbocycles. The summed E-state index contributed by atoms with van der Waals surface area (Å²) in [6.45, 7) is -1.41. The van der Waals surface area contributed by atoms with Crippen LogP contribution < -0.4 is 29.9 Å². The fraction of sp³-hybridized carbons (Fsp3) is 0.333. The van der Waals surface area contributed by atoms with Crippen molar-refractivity contribution in [2.75, 3.05) is 26.6 Å². The zero-order valence-corrected chi connectivity index (χ0v) is 23.0. The van der Waals surface area contributed by atoms with Crippen molar-refractivity contribution in [3.05, 3.63) is 70.2 Å². The Balaban J connectivity index is 1.65. The number of methoxy groups -OCH3 is 2. The number of rotatable bonds is 11. The molecule has 0 unspecified atom stereocenters. The van der Waals surface area contributed by atoms with Crippen molar-refractivity contribution in [2.24, 2.45) is 0 Å². The SMILES string of the molecule is COc1ccc(OP(=O)(OC[C@@]2(C(F)F)O[C@@H](n3cc(Cl)c(N)nc3=O)[C@H](F)[C@@H]2O)Oc2ccc(OC)cc2)cc1. The van der Waals surface area contributed by atoms with Crippen LogP contribution in [0.1, 0.15) is 6.23 Å². The van der Waals surface area contributed by atoms with E-state index in [9.17, 15) is 23.2 Å². The Kier molecular flexibility index (Phi) is 9.04. The molecule has 0 aliphatic carbocycles. The highest BCUT2D eigenvalue weighted by atomic mass is 35.5. The number of phosphoric acid groups is 1. The highest BCUT2D eigenvalue weighted by molar-refractivity contribution is 7.49. The minimum Gasteiger partial charge on any atom is -0.497 e. The third-order valence-corrected chi connectivity index (χ3v) is 7.60. The third kappa shape index (κ3) is 6.39. The van der Waals surface area contributed by atoms with Gasteiger partial charge in [-0.15, -0.1) is 0 Å². The van der Waals surface area contributed by atoms with E-state index in [1.807, 2.05) is 0 Å². The van der Waals surface area contributed by atoms with Crippen LogP contribution in [-0.2, 0) is 13.8 Å². The Morgan fingerprint density at radius 3 is 2.02 bits per heavy atom. The second-order valence-electron chi connectivity index (χ2n) is 8.57. The lowest BCUT2D eigenvalue weighted by molar-refractivity contribution is -0.193. The molecule has 17 heteroatoms. The van der Waals surface area contributed by atoms with E-state index in [-0.39, 0.29) is 16.5 Å². The molecular formula is C24H24ClF3N3O9P. The van der Waals surface area contributed by atoms with E-state index >= 15 is 4.39 Å². The van der Waals surface area contributed by atoms with Crippen molar-refractivity contribution in [2.45, 2.75) is 30.5 Å². The van der Waals surface area contributed by atoms with E-state index < -0.39 is 56.5 Å². The van der Waals surface area contributed by atoms with Gasteiger partial charge >= 0.3 is 13.5 Å². The largest absolute Gasteiger partial charge is 0.587 e. The number of hydrogen-bond donors (Lipinski definition) is 2. The van der Waals surface area contributed by atoms with Crippen molar-refractivity contribution in [3.63, 3.8) is 0 Å². The highest BCUT2D eigenvalue weighted by Crippen LogP contribution is 2.53. The molecule has 3 aromatic rings. The molecule has 12 nitrogen and oxygen atoms in total. The molecule has 1 aliphatic rings. The first kappa shape index (κ1) is 30.5. The summed E-state index contributed by atoms with van der Waals surface area (Å²) in [6, 6.07) is 11.2. The van der Waals surface area contributed by atoms with Gasteiger partial charge in [0.1, 0.15) is 34.9 Å². The molecule has 1 aromatic heterocycles. The summed E-state index contributed by atoms with van der Waals surface area (Å²) in [7, 11) is -2.02. The molecule has 1 saturated heterocycles. The first-order valence-corrected chi connectivity index (χ1v) is 13.5. The van der Waals surface area contributed by atoms with Gasteiger partial charge in [0.2, 0.25) is 0 Å². The number of alkyl halides is 3. The van der Waals surface area contributed by atoms with Crippen LogP contribution in [0, 0.1) is 0 Å². The van der Waals surface area contributed by atoms with Gasteiger partial charge in [-0.2, -0.15) is 4.98 Å². The molecule has 41 heavy (non-hydrogen) atoms. The molecule has 3 N–H and O–H groups in total. The molecule has 222 valence electrons. The van der Waals surface area contributed by atoms with E-state index in [4.69, 9.17) is 45.1 Å². The summed E-state index contributed by atoms with van der Waals surface area (Å²) in [5.41, 5.74) is 1.13. The van der Waals surface area contributed by atoms with E-state index in [2.05, 4.69) is 4.98 Å². The topological polar surface area (TPSA) is 154 Å². The van der Waals surface area contributed by atoms with Crippen LogP contribution in [0.5, 0.6) is 23.0 Å². The van der Waals surface area contributed by atoms with Crippen LogP contribution in [0.2, 0.25) is 5.02 Å². The Hall–Kier alpha value is -3.49. The second-order valence-corrected chi connectivity index (χ2v) is 10.5. The van der Waals surface area contributed by atoms with Crippen LogP contribution in [0.3, 0.4) is 0 Å². The van der Waals surface area contributed by atoms with Gasteiger partial charge in [-0.05, 0) is 48.5 Å². The van der Waals surface area contributed by atoms with Gasteiger partial charge in [0.15, 0.2) is 18.0 Å². The number of hydrogen-bond acceptors (Lipinski definition) is 11. The normalized spacial score (nSPS) is 22.5. The standard InChI is InChI=1S/C24H24ClF3N3O9P/c1-35-13-3-7-15(8-4-13)39-41(34,40-16-9-5-14(36-2)6-10-16)37-12-24(22(27)28)19(32)18(26)21(38-24)31-11-17(25)20(29)30-23(31)33/h3-11,18-19,21-22,32H,12H2,1-2H3,(H2,29,30,33)/t18-,19+,21-,24-/m1/s1. The second kappa shape index (κ2) is 12.2. The van der Waals surface area contributed by atoms with Crippen LogP contribution in [0.15, 0.2) is 59.5 Å². The van der Waals surface area contributed by atoms with Crippen molar-refractivity contribution >= 4 is 25.2 Å². The Morgan fingerprint density at radius 1 is 1.07 bits per heavy atom. The molecule has 0 saturated carbocycles. The quantitative estimate of drug-likeness (QED) is 0.299. The number of nitrogens with two attached hydrogens (primary N) is 1. The van der Waals surface area contributed by atoms with Crippen molar-refractivity contribution in [1.29, 1.82) is 0 Å². The minimum atomic E-state index is -4.85. The Bertz CT molecular complexity index is 1410. The van der Waals surface area contributed by atoms with E-state index in [1.165, 1.54) is 62.8 Å². The molecule has 1 aliphatic heterocycles. The first-order chi connectivity index (χ1) is 19.4. The number of aliphatic hydroxyl groups excluding tert-OH is 1. The Morgan fingerprint density at radius 2 is 1.56 bits per heavy atom. The number of anilines is 1. The van der Waals surface area contributed by atoms with Crippen molar-refractivity contribution in [1.82, 2.24) is 9.55 Å². The molecule has 0 amide bonds. The number of halogens is 4. The van der Waals surface area contributed by atoms with Crippen LogP contribution in [-0.4, -0.2) is 59.8 Å². The number of ether oxygens (including phenoxy) is 3. The van der Waals surface area contributed by atoms with Crippen LogP contribution >= 0.6 is 19.4 Å². The maximum absolute atomic E-state index is 15.2. The first-order valence-electron chi connectivity index (χ1n) is 11.7. The van der Waals surface area contributed by atoms with E-state index in [0.717, 1.165) is 6.20 Å². The van der Waals surface area contributed by atoms with Gasteiger partial charge in [0.25, 0.3) is 6.43 Å². The predicted molar refractivity (Wildman–Crippen MR) is 138 cm³/mol. The van der Waals surface area contributed by atoms with Crippen LogP contribution in [0.25, 0.3) is 0 Å². The number of phosphoric ester groups is 1. The number of nitrogen functional groups attached to an aromatic ring is 1. The maximum atomic E-state index is 15.2. The zero-order valence-electron chi connectivity index (χ0n) is 21.4.